The highest BCUT2D eigenvalue weighted by molar-refractivity contribution is 5.02. The van der Waals surface area contributed by atoms with Gasteiger partial charge in [0.25, 0.3) is 0 Å². The van der Waals surface area contributed by atoms with Gasteiger partial charge in [-0.15, -0.1) is 0 Å². The van der Waals surface area contributed by atoms with E-state index in [2.05, 4.69) is 6.58 Å². The molecule has 0 bridgehead atoms. The Kier molecular flexibility index (Phi) is 2.59. The maximum Gasteiger partial charge on any atom is 0.0877 e. The Labute approximate surface area is 73.9 Å². The van der Waals surface area contributed by atoms with E-state index in [0.29, 0.717) is 18.8 Å². The molecule has 0 saturated heterocycles. The minimum Gasteiger partial charge on any atom is -0.390 e. The second-order valence-corrected chi connectivity index (χ2v) is 4.19. The van der Waals surface area contributed by atoms with Crippen LogP contribution in [0.4, 0.5) is 0 Å². The van der Waals surface area contributed by atoms with E-state index in [0.717, 1.165) is 12.0 Å². The monoisotopic (exact) mass is 170 g/mol. The Hall–Kier alpha value is -0.340. The third-order valence-corrected chi connectivity index (χ3v) is 2.92. The van der Waals surface area contributed by atoms with Gasteiger partial charge < -0.3 is 10.2 Å². The molecule has 0 aromatic carbocycles. The van der Waals surface area contributed by atoms with Crippen LogP contribution >= 0.6 is 0 Å². The first-order valence-electron chi connectivity index (χ1n) is 4.49. The minimum absolute atomic E-state index is 0.389. The highest BCUT2D eigenvalue weighted by Gasteiger charge is 2.37. The zero-order valence-electron chi connectivity index (χ0n) is 7.88. The quantitative estimate of drug-likeness (QED) is 0.585. The van der Waals surface area contributed by atoms with E-state index < -0.39 is 11.7 Å². The van der Waals surface area contributed by atoms with Crippen LogP contribution in [0.15, 0.2) is 12.2 Å². The summed E-state index contributed by atoms with van der Waals surface area (Å²) in [6, 6.07) is 0. The zero-order valence-corrected chi connectivity index (χ0v) is 7.88. The minimum atomic E-state index is -0.883. The molecule has 2 N–H and O–H groups in total. The largest absolute Gasteiger partial charge is 0.390 e. The van der Waals surface area contributed by atoms with Crippen molar-refractivity contribution in [3.8, 4) is 0 Å². The third-order valence-electron chi connectivity index (χ3n) is 2.92. The molecule has 2 heteroatoms. The first kappa shape index (κ1) is 9.75. The highest BCUT2D eigenvalue weighted by atomic mass is 16.3. The third kappa shape index (κ3) is 1.87. The van der Waals surface area contributed by atoms with E-state index in [1.807, 2.05) is 6.92 Å². The molecule has 0 aromatic rings. The van der Waals surface area contributed by atoms with Crippen LogP contribution in [0.3, 0.4) is 0 Å². The molecule has 0 heterocycles. The molecule has 0 amide bonds. The van der Waals surface area contributed by atoms with Crippen molar-refractivity contribution in [3.05, 3.63) is 12.2 Å². The fourth-order valence-electron chi connectivity index (χ4n) is 1.72. The SMILES string of the molecule is C=C(C)[C@H]1CC[C@](C)(O)[C@H](O)C1. The molecule has 1 fully saturated rings. The van der Waals surface area contributed by atoms with E-state index in [1.165, 1.54) is 0 Å². The van der Waals surface area contributed by atoms with E-state index in [9.17, 15) is 10.2 Å². The molecule has 70 valence electrons. The van der Waals surface area contributed by atoms with Crippen LogP contribution in [-0.4, -0.2) is 21.9 Å². The average molecular weight is 170 g/mol. The first-order chi connectivity index (χ1) is 5.43. The summed E-state index contributed by atoms with van der Waals surface area (Å²) in [6.07, 6.45) is 1.68. The molecule has 1 aliphatic rings. The topological polar surface area (TPSA) is 40.5 Å². The van der Waals surface area contributed by atoms with E-state index in [4.69, 9.17) is 0 Å². The Morgan fingerprint density at radius 2 is 2.17 bits per heavy atom. The Bertz CT molecular complexity index is 184. The summed E-state index contributed by atoms with van der Waals surface area (Å²) in [5, 5.41) is 19.2. The molecule has 12 heavy (non-hydrogen) atoms. The van der Waals surface area contributed by atoms with Crippen LogP contribution in [0, 0.1) is 5.92 Å². The molecule has 0 spiro atoms. The summed E-state index contributed by atoms with van der Waals surface area (Å²) in [6.45, 7) is 7.55. The standard InChI is InChI=1S/C10H18O2/c1-7(2)8-4-5-10(3,12)9(11)6-8/h8-9,11-12H,1,4-6H2,2-3H3/t8-,9+,10-/m0/s1. The van der Waals surface area contributed by atoms with Gasteiger partial charge in [-0.05, 0) is 39.0 Å². The van der Waals surface area contributed by atoms with Gasteiger partial charge in [0, 0.05) is 0 Å². The van der Waals surface area contributed by atoms with Gasteiger partial charge >= 0.3 is 0 Å². The van der Waals surface area contributed by atoms with Crippen LogP contribution in [0.5, 0.6) is 0 Å². The Balaban J connectivity index is 2.58. The van der Waals surface area contributed by atoms with Crippen molar-refractivity contribution in [3.63, 3.8) is 0 Å². The van der Waals surface area contributed by atoms with Crippen LogP contribution in [0.2, 0.25) is 0 Å². The van der Waals surface area contributed by atoms with Gasteiger partial charge in [-0.1, -0.05) is 12.2 Å². The molecule has 3 atom stereocenters. The van der Waals surface area contributed by atoms with Gasteiger partial charge in [-0.2, -0.15) is 0 Å². The molecule has 0 unspecified atom stereocenters. The van der Waals surface area contributed by atoms with E-state index >= 15 is 0 Å². The number of hydrogen-bond donors (Lipinski definition) is 2. The first-order valence-corrected chi connectivity index (χ1v) is 4.49. The lowest BCUT2D eigenvalue weighted by molar-refractivity contribution is -0.0952. The lowest BCUT2D eigenvalue weighted by Crippen LogP contribution is -2.44. The van der Waals surface area contributed by atoms with Crippen molar-refractivity contribution >= 4 is 0 Å². The van der Waals surface area contributed by atoms with Crippen molar-refractivity contribution in [1.29, 1.82) is 0 Å². The second kappa shape index (κ2) is 3.19. The zero-order chi connectivity index (χ0) is 9.35. The smallest absolute Gasteiger partial charge is 0.0877 e. The maximum absolute atomic E-state index is 9.66. The number of rotatable bonds is 1. The van der Waals surface area contributed by atoms with Crippen LogP contribution in [0.1, 0.15) is 33.1 Å². The van der Waals surface area contributed by atoms with Crippen LogP contribution in [0.25, 0.3) is 0 Å². The number of allylic oxidation sites excluding steroid dienone is 1. The number of aliphatic hydroxyl groups is 2. The van der Waals surface area contributed by atoms with Gasteiger partial charge in [-0.3, -0.25) is 0 Å². The van der Waals surface area contributed by atoms with Gasteiger partial charge in [0.15, 0.2) is 0 Å². The van der Waals surface area contributed by atoms with E-state index in [1.54, 1.807) is 6.92 Å². The van der Waals surface area contributed by atoms with Gasteiger partial charge in [0.1, 0.15) is 0 Å². The summed E-state index contributed by atoms with van der Waals surface area (Å²) in [7, 11) is 0. The van der Waals surface area contributed by atoms with Crippen molar-refractivity contribution in [1.82, 2.24) is 0 Å². The fourth-order valence-corrected chi connectivity index (χ4v) is 1.72. The van der Waals surface area contributed by atoms with Gasteiger partial charge in [0.05, 0.1) is 11.7 Å². The lowest BCUT2D eigenvalue weighted by Gasteiger charge is -2.38. The molecule has 1 rings (SSSR count). The van der Waals surface area contributed by atoms with Crippen LogP contribution < -0.4 is 0 Å². The normalized spacial score (nSPS) is 42.7. The molecular weight excluding hydrogens is 152 g/mol. The summed E-state index contributed by atoms with van der Waals surface area (Å²) < 4.78 is 0. The van der Waals surface area contributed by atoms with Crippen LogP contribution in [-0.2, 0) is 0 Å². The van der Waals surface area contributed by atoms with Gasteiger partial charge in [0.2, 0.25) is 0 Å². The summed E-state index contributed by atoms with van der Waals surface area (Å²) in [5.74, 6) is 0.389. The predicted molar refractivity (Wildman–Crippen MR) is 48.8 cm³/mol. The van der Waals surface area contributed by atoms with Crippen molar-refractivity contribution in [2.45, 2.75) is 44.8 Å². The summed E-state index contributed by atoms with van der Waals surface area (Å²) in [4.78, 5) is 0. The Morgan fingerprint density at radius 1 is 1.58 bits per heavy atom. The van der Waals surface area contributed by atoms with Crippen molar-refractivity contribution in [2.24, 2.45) is 5.92 Å². The summed E-state index contributed by atoms with van der Waals surface area (Å²) >= 11 is 0. The van der Waals surface area contributed by atoms with Crippen molar-refractivity contribution < 1.29 is 10.2 Å². The second-order valence-electron chi connectivity index (χ2n) is 4.19. The number of aliphatic hydroxyl groups excluding tert-OH is 1. The van der Waals surface area contributed by atoms with Crippen molar-refractivity contribution in [2.75, 3.05) is 0 Å². The van der Waals surface area contributed by atoms with E-state index in [-0.39, 0.29) is 0 Å². The lowest BCUT2D eigenvalue weighted by atomic mass is 9.75. The molecule has 1 aliphatic carbocycles. The molecule has 2 nitrogen and oxygen atoms in total. The highest BCUT2D eigenvalue weighted by Crippen LogP contribution is 2.34. The van der Waals surface area contributed by atoms with Gasteiger partial charge in [-0.25, -0.2) is 0 Å². The molecule has 0 aliphatic heterocycles. The predicted octanol–water partition coefficient (Wildman–Crippen LogP) is 1.47. The molecule has 1 saturated carbocycles. The Morgan fingerprint density at radius 3 is 2.58 bits per heavy atom. The number of hydrogen-bond acceptors (Lipinski definition) is 2. The molecular formula is C10H18O2. The summed E-state index contributed by atoms with van der Waals surface area (Å²) in [5.41, 5.74) is 0.232. The molecule has 0 radical (unpaired) electrons. The average Bonchev–Trinajstić information content (AvgIpc) is 1.94. The fraction of sp³-hybridized carbons (Fsp3) is 0.800. The maximum atomic E-state index is 9.66. The molecule has 0 aromatic heterocycles.